The number of esters is 1. The summed E-state index contributed by atoms with van der Waals surface area (Å²) < 4.78 is 54.2. The predicted octanol–water partition coefficient (Wildman–Crippen LogP) is 4.44. The Morgan fingerprint density at radius 2 is 1.74 bits per heavy atom. The Labute approximate surface area is 199 Å². The lowest BCUT2D eigenvalue weighted by molar-refractivity contribution is -0.153. The maximum Gasteiger partial charge on any atom is 0.422 e. The van der Waals surface area contributed by atoms with E-state index in [0.717, 1.165) is 5.56 Å². The Balaban J connectivity index is 1.81. The zero-order chi connectivity index (χ0) is 25.6. The lowest BCUT2D eigenvalue weighted by Gasteiger charge is -2.12. The molecule has 0 unspecified atom stereocenters. The number of carbonyl (C=O) groups is 1. The lowest BCUT2D eigenvalue weighted by Crippen LogP contribution is -2.20. The maximum atomic E-state index is 12.4. The van der Waals surface area contributed by atoms with Gasteiger partial charge < -0.3 is 19.0 Å². The average molecular weight is 491 g/mol. The number of aromatic nitrogens is 2. The quantitative estimate of drug-likeness (QED) is 0.250. The molecule has 0 aliphatic rings. The van der Waals surface area contributed by atoms with Crippen LogP contribution in [0.1, 0.15) is 16.7 Å². The fourth-order valence-corrected chi connectivity index (χ4v) is 3.37. The van der Waals surface area contributed by atoms with E-state index in [0.29, 0.717) is 28.3 Å². The Bertz CT molecular complexity index is 1200. The fraction of sp³-hybridized carbons (Fsp3) is 0.292. The topological polar surface area (TPSA) is 84.2 Å². The van der Waals surface area contributed by atoms with Gasteiger partial charge in [-0.3, -0.25) is 0 Å². The van der Waals surface area contributed by atoms with E-state index < -0.39 is 18.8 Å². The molecule has 0 atom stereocenters. The third-order valence-corrected chi connectivity index (χ3v) is 4.95. The molecule has 0 fully saturated rings. The van der Waals surface area contributed by atoms with Crippen LogP contribution < -0.4 is 9.47 Å². The highest BCUT2D eigenvalue weighted by Gasteiger charge is 2.28. The van der Waals surface area contributed by atoms with Gasteiger partial charge in [-0.05, 0) is 36.8 Å². The first-order valence-corrected chi connectivity index (χ1v) is 10.4. The molecule has 8 nitrogen and oxygen atoms in total. The minimum absolute atomic E-state index is 0.00412. The number of alkyl halides is 3. The summed E-state index contributed by atoms with van der Waals surface area (Å²) in [6.07, 6.45) is -4.41. The summed E-state index contributed by atoms with van der Waals surface area (Å²) >= 11 is 0. The standard InChI is InChI=1S/C24H24F3N3O5/c1-15-20(16-9-11-18(12-10-16)35-14-24(25,26)27)28-30(2)22(15)34-13-17-7-5-6-8-19(17)21(29-33-4)23(31)32-3/h5-12H,13-14H2,1-4H3/b29-21+. The van der Waals surface area contributed by atoms with Crippen molar-refractivity contribution in [3.8, 4) is 22.9 Å². The molecular formula is C24H24F3N3O5. The van der Waals surface area contributed by atoms with E-state index >= 15 is 0 Å². The Morgan fingerprint density at radius 1 is 1.06 bits per heavy atom. The number of aryl methyl sites for hydroxylation is 1. The number of benzene rings is 2. The fourth-order valence-electron chi connectivity index (χ4n) is 3.37. The van der Waals surface area contributed by atoms with Gasteiger partial charge in [-0.15, -0.1) is 0 Å². The van der Waals surface area contributed by atoms with Gasteiger partial charge in [-0.1, -0.05) is 29.4 Å². The van der Waals surface area contributed by atoms with Gasteiger partial charge in [0.25, 0.3) is 0 Å². The highest BCUT2D eigenvalue weighted by Crippen LogP contribution is 2.31. The molecule has 0 bridgehead atoms. The number of hydrogen-bond donors (Lipinski definition) is 0. The van der Waals surface area contributed by atoms with E-state index in [1.807, 2.05) is 6.92 Å². The van der Waals surface area contributed by atoms with Crippen LogP contribution in [0, 0.1) is 6.92 Å². The van der Waals surface area contributed by atoms with Crippen LogP contribution in [0.2, 0.25) is 0 Å². The number of ether oxygens (including phenoxy) is 3. The first-order chi connectivity index (χ1) is 16.6. The van der Waals surface area contributed by atoms with Gasteiger partial charge in [0.1, 0.15) is 19.5 Å². The summed E-state index contributed by atoms with van der Waals surface area (Å²) in [7, 11) is 4.30. The summed E-state index contributed by atoms with van der Waals surface area (Å²) in [5.74, 6) is -0.0664. The zero-order valence-electron chi connectivity index (χ0n) is 19.5. The van der Waals surface area contributed by atoms with Crippen LogP contribution in [0.4, 0.5) is 13.2 Å². The van der Waals surface area contributed by atoms with Crippen LogP contribution in [0.3, 0.4) is 0 Å². The van der Waals surface area contributed by atoms with E-state index in [4.69, 9.17) is 19.0 Å². The number of nitrogens with zero attached hydrogens (tertiary/aromatic N) is 3. The van der Waals surface area contributed by atoms with Crippen molar-refractivity contribution < 1.29 is 37.0 Å². The van der Waals surface area contributed by atoms with Crippen molar-refractivity contribution in [1.82, 2.24) is 9.78 Å². The van der Waals surface area contributed by atoms with Gasteiger partial charge in [0.15, 0.2) is 12.3 Å². The Kier molecular flexibility index (Phi) is 8.00. The largest absolute Gasteiger partial charge is 0.484 e. The summed E-state index contributed by atoms with van der Waals surface area (Å²) in [6, 6.07) is 13.2. The summed E-state index contributed by atoms with van der Waals surface area (Å²) in [5, 5.41) is 8.28. The van der Waals surface area contributed by atoms with Gasteiger partial charge in [-0.25, -0.2) is 9.48 Å². The first kappa shape index (κ1) is 25.6. The van der Waals surface area contributed by atoms with Crippen LogP contribution >= 0.6 is 0 Å². The zero-order valence-corrected chi connectivity index (χ0v) is 19.5. The van der Waals surface area contributed by atoms with Gasteiger partial charge in [-0.2, -0.15) is 18.3 Å². The van der Waals surface area contributed by atoms with Gasteiger partial charge in [0.2, 0.25) is 5.88 Å². The maximum absolute atomic E-state index is 12.4. The molecule has 0 aliphatic carbocycles. The van der Waals surface area contributed by atoms with Crippen LogP contribution in [-0.4, -0.2) is 48.5 Å². The monoisotopic (exact) mass is 491 g/mol. The van der Waals surface area contributed by atoms with Gasteiger partial charge in [0, 0.05) is 23.7 Å². The van der Waals surface area contributed by atoms with E-state index in [2.05, 4.69) is 10.3 Å². The third kappa shape index (κ3) is 6.31. The summed E-state index contributed by atoms with van der Waals surface area (Å²) in [6.45, 7) is 0.561. The van der Waals surface area contributed by atoms with Crippen molar-refractivity contribution in [3.63, 3.8) is 0 Å². The molecule has 3 aromatic rings. The smallest absolute Gasteiger partial charge is 0.422 e. The number of carbonyl (C=O) groups excluding carboxylic acids is 1. The molecule has 0 saturated carbocycles. The van der Waals surface area contributed by atoms with Crippen molar-refractivity contribution in [2.45, 2.75) is 19.7 Å². The Hall–Kier alpha value is -4.02. The van der Waals surface area contributed by atoms with Gasteiger partial charge in [0.05, 0.1) is 12.8 Å². The van der Waals surface area contributed by atoms with E-state index in [1.165, 1.54) is 26.4 Å². The predicted molar refractivity (Wildman–Crippen MR) is 121 cm³/mol. The number of methoxy groups -OCH3 is 1. The average Bonchev–Trinajstić information content (AvgIpc) is 3.12. The van der Waals surface area contributed by atoms with Crippen LogP contribution in [0.15, 0.2) is 53.7 Å². The molecule has 0 amide bonds. The summed E-state index contributed by atoms with van der Waals surface area (Å²) in [4.78, 5) is 17.0. The van der Waals surface area contributed by atoms with Crippen molar-refractivity contribution in [3.05, 3.63) is 65.2 Å². The molecule has 186 valence electrons. The second kappa shape index (κ2) is 10.9. The molecular weight excluding hydrogens is 467 g/mol. The number of halogens is 3. The molecule has 1 aromatic heterocycles. The highest BCUT2D eigenvalue weighted by molar-refractivity contribution is 6.43. The van der Waals surface area contributed by atoms with Crippen molar-refractivity contribution in [1.29, 1.82) is 0 Å². The molecule has 11 heteroatoms. The van der Waals surface area contributed by atoms with Crippen LogP contribution in [0.5, 0.6) is 11.6 Å². The lowest BCUT2D eigenvalue weighted by atomic mass is 10.0. The molecule has 0 N–H and O–H groups in total. The second-order valence-electron chi connectivity index (χ2n) is 7.39. The Morgan fingerprint density at radius 3 is 2.37 bits per heavy atom. The molecule has 0 radical (unpaired) electrons. The normalized spacial score (nSPS) is 11.8. The second-order valence-corrected chi connectivity index (χ2v) is 7.39. The number of rotatable bonds is 9. The molecule has 0 spiro atoms. The van der Waals surface area contributed by atoms with Crippen molar-refractivity contribution in [2.75, 3.05) is 20.8 Å². The molecule has 0 aliphatic heterocycles. The van der Waals surface area contributed by atoms with E-state index in [9.17, 15) is 18.0 Å². The number of oxime groups is 1. The highest BCUT2D eigenvalue weighted by atomic mass is 19.4. The molecule has 1 heterocycles. The minimum Gasteiger partial charge on any atom is -0.484 e. The SMILES string of the molecule is CO/N=C(/C(=O)OC)c1ccccc1COc1c(C)c(-c2ccc(OCC(F)(F)F)cc2)nn1C. The van der Waals surface area contributed by atoms with Crippen LogP contribution in [0.25, 0.3) is 11.3 Å². The van der Waals surface area contributed by atoms with Crippen molar-refractivity contribution >= 4 is 11.7 Å². The van der Waals surface area contributed by atoms with Crippen molar-refractivity contribution in [2.24, 2.45) is 12.2 Å². The molecule has 3 rings (SSSR count). The molecule has 0 saturated heterocycles. The minimum atomic E-state index is -4.41. The first-order valence-electron chi connectivity index (χ1n) is 10.4. The van der Waals surface area contributed by atoms with E-state index in [1.54, 1.807) is 48.1 Å². The van der Waals surface area contributed by atoms with Crippen LogP contribution in [-0.2, 0) is 28.0 Å². The molecule has 35 heavy (non-hydrogen) atoms. The third-order valence-electron chi connectivity index (χ3n) is 4.95. The molecule has 2 aromatic carbocycles. The van der Waals surface area contributed by atoms with E-state index in [-0.39, 0.29) is 18.1 Å². The number of hydrogen-bond acceptors (Lipinski definition) is 7. The summed E-state index contributed by atoms with van der Waals surface area (Å²) in [5.41, 5.74) is 3.19. The van der Waals surface area contributed by atoms with Gasteiger partial charge >= 0.3 is 12.1 Å².